The van der Waals surface area contributed by atoms with E-state index in [4.69, 9.17) is 5.73 Å². The fourth-order valence-corrected chi connectivity index (χ4v) is 1.18. The van der Waals surface area contributed by atoms with Crippen LogP contribution in [0.5, 0.6) is 0 Å². The zero-order chi connectivity index (χ0) is 12.2. The molecule has 0 saturated heterocycles. The normalized spacial score (nSPS) is 14.2. The van der Waals surface area contributed by atoms with Crippen LogP contribution in [0.25, 0.3) is 0 Å². The maximum atomic E-state index is 11.8. The number of nitrogens with two attached hydrogens (primary N) is 1. The lowest BCUT2D eigenvalue weighted by atomic mass is 10.00. The van der Waals surface area contributed by atoms with Crippen molar-refractivity contribution in [1.82, 2.24) is 10.3 Å². The summed E-state index contributed by atoms with van der Waals surface area (Å²) in [6.07, 6.45) is 2.13. The van der Waals surface area contributed by atoms with Gasteiger partial charge in [-0.25, -0.2) is 4.98 Å². The molecule has 1 heterocycles. The predicted octanol–water partition coefficient (Wildman–Crippen LogP) is 0.555. The van der Waals surface area contributed by atoms with Gasteiger partial charge in [0.25, 0.3) is 5.91 Å². The topological polar surface area (TPSA) is 88.2 Å². The molecule has 1 rings (SSSR count). The van der Waals surface area contributed by atoms with Gasteiger partial charge in [0.15, 0.2) is 5.69 Å². The molecular formula is C11H17N3O2. The van der Waals surface area contributed by atoms with Crippen molar-refractivity contribution < 1.29 is 9.90 Å². The Morgan fingerprint density at radius 3 is 2.88 bits per heavy atom. The van der Waals surface area contributed by atoms with Crippen LogP contribution in [0.3, 0.4) is 0 Å². The molecular weight excluding hydrogens is 206 g/mol. The third kappa shape index (κ3) is 2.70. The molecule has 0 fully saturated rings. The summed E-state index contributed by atoms with van der Waals surface area (Å²) in [6, 6.07) is 3.28. The molecule has 0 spiro atoms. The molecule has 1 aromatic heterocycles. The Balaban J connectivity index is 2.84. The maximum Gasteiger partial charge on any atom is 0.272 e. The first-order valence-corrected chi connectivity index (χ1v) is 5.16. The van der Waals surface area contributed by atoms with Crippen molar-refractivity contribution >= 4 is 11.6 Å². The molecule has 5 nitrogen and oxygen atoms in total. The van der Waals surface area contributed by atoms with Gasteiger partial charge in [0.05, 0.1) is 17.8 Å². The number of hydrogen-bond donors (Lipinski definition) is 3. The third-order valence-corrected chi connectivity index (χ3v) is 2.60. The number of anilines is 1. The molecule has 88 valence electrons. The molecule has 1 unspecified atom stereocenters. The van der Waals surface area contributed by atoms with Crippen LogP contribution in [0.1, 0.15) is 30.8 Å². The third-order valence-electron chi connectivity index (χ3n) is 2.60. The fourth-order valence-electron chi connectivity index (χ4n) is 1.18. The summed E-state index contributed by atoms with van der Waals surface area (Å²) in [5.74, 6) is -0.364. The van der Waals surface area contributed by atoms with E-state index >= 15 is 0 Å². The quantitative estimate of drug-likeness (QED) is 0.695. The average molecular weight is 223 g/mol. The molecule has 0 radical (unpaired) electrons. The van der Waals surface area contributed by atoms with Crippen LogP contribution in [0.4, 0.5) is 5.69 Å². The van der Waals surface area contributed by atoms with Gasteiger partial charge in [0.2, 0.25) is 0 Å². The molecule has 1 aromatic rings. The molecule has 4 N–H and O–H groups in total. The number of aromatic nitrogens is 1. The Kier molecular flexibility index (Phi) is 3.84. The van der Waals surface area contributed by atoms with Gasteiger partial charge < -0.3 is 16.2 Å². The first-order valence-electron chi connectivity index (χ1n) is 5.16. The number of amides is 1. The Hall–Kier alpha value is -1.62. The van der Waals surface area contributed by atoms with E-state index in [-0.39, 0.29) is 18.2 Å². The van der Waals surface area contributed by atoms with Crippen LogP contribution < -0.4 is 11.1 Å². The van der Waals surface area contributed by atoms with E-state index in [9.17, 15) is 9.90 Å². The first kappa shape index (κ1) is 12.4. The largest absolute Gasteiger partial charge is 0.397 e. The van der Waals surface area contributed by atoms with Crippen molar-refractivity contribution in [2.75, 3.05) is 12.3 Å². The summed E-state index contributed by atoms with van der Waals surface area (Å²) in [4.78, 5) is 15.7. The first-order chi connectivity index (χ1) is 7.52. The summed E-state index contributed by atoms with van der Waals surface area (Å²) < 4.78 is 0. The minimum Gasteiger partial charge on any atom is -0.397 e. The smallest absolute Gasteiger partial charge is 0.272 e. The lowest BCUT2D eigenvalue weighted by Crippen LogP contribution is -2.48. The molecule has 0 aliphatic carbocycles. The summed E-state index contributed by atoms with van der Waals surface area (Å²) in [7, 11) is 0. The zero-order valence-corrected chi connectivity index (χ0v) is 9.53. The van der Waals surface area contributed by atoms with Crippen molar-refractivity contribution in [3.05, 3.63) is 24.0 Å². The number of carbonyl (C=O) groups excluding carboxylic acids is 1. The van der Waals surface area contributed by atoms with Crippen LogP contribution in [0.15, 0.2) is 18.3 Å². The molecule has 0 bridgehead atoms. The van der Waals surface area contributed by atoms with Crippen LogP contribution in [-0.2, 0) is 0 Å². The monoisotopic (exact) mass is 223 g/mol. The van der Waals surface area contributed by atoms with Gasteiger partial charge in [-0.3, -0.25) is 4.79 Å². The van der Waals surface area contributed by atoms with Crippen molar-refractivity contribution in [2.24, 2.45) is 0 Å². The van der Waals surface area contributed by atoms with Gasteiger partial charge in [0, 0.05) is 6.20 Å². The van der Waals surface area contributed by atoms with E-state index in [2.05, 4.69) is 10.3 Å². The second kappa shape index (κ2) is 4.94. The number of aliphatic hydroxyl groups is 1. The number of nitrogens with one attached hydrogen (secondary N) is 1. The number of nitrogen functional groups attached to an aromatic ring is 1. The maximum absolute atomic E-state index is 11.8. The summed E-state index contributed by atoms with van der Waals surface area (Å²) >= 11 is 0. The molecule has 0 aliphatic heterocycles. The van der Waals surface area contributed by atoms with E-state index in [0.29, 0.717) is 12.1 Å². The number of pyridine rings is 1. The van der Waals surface area contributed by atoms with Crippen LogP contribution in [-0.4, -0.2) is 28.1 Å². The van der Waals surface area contributed by atoms with Crippen LogP contribution >= 0.6 is 0 Å². The molecule has 0 aliphatic rings. The Bertz CT molecular complexity index is 375. The highest BCUT2D eigenvalue weighted by Crippen LogP contribution is 2.12. The fraction of sp³-hybridized carbons (Fsp3) is 0.455. The lowest BCUT2D eigenvalue weighted by Gasteiger charge is -2.27. The van der Waals surface area contributed by atoms with Crippen molar-refractivity contribution in [2.45, 2.75) is 25.8 Å². The molecule has 1 amide bonds. The lowest BCUT2D eigenvalue weighted by molar-refractivity contribution is 0.0843. The zero-order valence-electron chi connectivity index (χ0n) is 9.53. The van der Waals surface area contributed by atoms with Crippen LogP contribution in [0.2, 0.25) is 0 Å². The van der Waals surface area contributed by atoms with Crippen molar-refractivity contribution in [1.29, 1.82) is 0 Å². The number of hydrogen-bond acceptors (Lipinski definition) is 4. The van der Waals surface area contributed by atoms with E-state index in [1.54, 1.807) is 19.1 Å². The standard InChI is InChI=1S/C11H17N3O2/c1-3-11(2,7-15)14-10(16)9-8(12)5-4-6-13-9/h4-6,15H,3,7,12H2,1-2H3,(H,14,16). The highest BCUT2D eigenvalue weighted by Gasteiger charge is 2.25. The van der Waals surface area contributed by atoms with Crippen LogP contribution in [0, 0.1) is 0 Å². The molecule has 5 heteroatoms. The van der Waals surface area contributed by atoms with Gasteiger partial charge >= 0.3 is 0 Å². The van der Waals surface area contributed by atoms with E-state index in [1.807, 2.05) is 6.92 Å². The van der Waals surface area contributed by atoms with Gasteiger partial charge in [-0.1, -0.05) is 6.92 Å². The molecule has 16 heavy (non-hydrogen) atoms. The summed E-state index contributed by atoms with van der Waals surface area (Å²) in [5, 5.41) is 11.9. The Morgan fingerprint density at radius 1 is 1.69 bits per heavy atom. The predicted molar refractivity (Wildman–Crippen MR) is 61.9 cm³/mol. The van der Waals surface area contributed by atoms with Gasteiger partial charge in [0.1, 0.15) is 0 Å². The number of nitrogens with zero attached hydrogens (tertiary/aromatic N) is 1. The number of aliphatic hydroxyl groups excluding tert-OH is 1. The van der Waals surface area contributed by atoms with E-state index < -0.39 is 5.54 Å². The molecule has 1 atom stereocenters. The van der Waals surface area contributed by atoms with Crippen molar-refractivity contribution in [3.63, 3.8) is 0 Å². The van der Waals surface area contributed by atoms with E-state index in [1.165, 1.54) is 6.20 Å². The second-order valence-corrected chi connectivity index (χ2v) is 3.97. The Morgan fingerprint density at radius 2 is 2.38 bits per heavy atom. The minimum absolute atomic E-state index is 0.123. The Labute approximate surface area is 94.7 Å². The van der Waals surface area contributed by atoms with E-state index in [0.717, 1.165) is 0 Å². The molecule has 0 saturated carbocycles. The van der Waals surface area contributed by atoms with Gasteiger partial charge in [-0.05, 0) is 25.5 Å². The highest BCUT2D eigenvalue weighted by atomic mass is 16.3. The summed E-state index contributed by atoms with van der Waals surface area (Å²) in [5.41, 5.74) is 5.52. The highest BCUT2D eigenvalue weighted by molar-refractivity contribution is 5.97. The van der Waals surface area contributed by atoms with Gasteiger partial charge in [-0.2, -0.15) is 0 Å². The number of rotatable bonds is 4. The number of carbonyl (C=O) groups is 1. The summed E-state index contributed by atoms with van der Waals surface area (Å²) in [6.45, 7) is 3.53. The SMILES string of the molecule is CCC(C)(CO)NC(=O)c1ncccc1N. The average Bonchev–Trinajstić information content (AvgIpc) is 2.29. The second-order valence-electron chi connectivity index (χ2n) is 3.97. The minimum atomic E-state index is -0.638. The van der Waals surface area contributed by atoms with Crippen molar-refractivity contribution in [3.8, 4) is 0 Å². The molecule has 0 aromatic carbocycles. The van der Waals surface area contributed by atoms with Gasteiger partial charge in [-0.15, -0.1) is 0 Å².